The molecule has 14 heteroatoms. The van der Waals surface area contributed by atoms with Crippen LogP contribution in [-0.2, 0) is 31.0 Å². The van der Waals surface area contributed by atoms with E-state index >= 15 is 0 Å². The Morgan fingerprint density at radius 2 is 1.65 bits per heavy atom. The molecule has 6 N–H and O–H groups in total. The number of hydrogen-bond acceptors (Lipinski definition) is 7. The number of amides is 6. The van der Waals surface area contributed by atoms with Crippen LogP contribution in [0.25, 0.3) is 0 Å². The average molecular weight is 638 g/mol. The van der Waals surface area contributed by atoms with Gasteiger partial charge in [-0.25, -0.2) is 0 Å². The van der Waals surface area contributed by atoms with Gasteiger partial charge in [-0.3, -0.25) is 28.8 Å². The van der Waals surface area contributed by atoms with E-state index in [0.717, 1.165) is 0 Å². The second kappa shape index (κ2) is 15.0. The molecule has 2 fully saturated rings. The van der Waals surface area contributed by atoms with Gasteiger partial charge in [0.15, 0.2) is 0 Å². The van der Waals surface area contributed by atoms with E-state index in [9.17, 15) is 33.9 Å². The fourth-order valence-corrected chi connectivity index (χ4v) is 5.80. The van der Waals surface area contributed by atoms with Gasteiger partial charge >= 0.3 is 0 Å². The standard InChI is InChI=1S/C32H43N7O7/c1-18(2)13-23-29(43)37-24(17-40)32(46)39-16-21(34-30(44)25-11-8-12-38(25)4)14-26(39)31(45)33-19(3)28(42)36-22(15-27(41)35-23)20-9-6-5-7-10-20/h5-12,18-19,21-24,26,40H,13-17H2,1-4H3,(H,33,45)(H,34,44)(H,35,41)(H,36,42)(H,37,43)/t19-,21-,22+,23-,24+,26-/m0/s1. The van der Waals surface area contributed by atoms with Crippen molar-refractivity contribution in [2.45, 2.75) is 76.3 Å². The lowest BCUT2D eigenvalue weighted by atomic mass is 10.00. The van der Waals surface area contributed by atoms with Crippen LogP contribution in [0, 0.1) is 5.92 Å². The highest BCUT2D eigenvalue weighted by molar-refractivity contribution is 5.97. The van der Waals surface area contributed by atoms with Crippen LogP contribution >= 0.6 is 0 Å². The van der Waals surface area contributed by atoms with Crippen molar-refractivity contribution >= 4 is 35.4 Å². The van der Waals surface area contributed by atoms with Gasteiger partial charge in [0.2, 0.25) is 29.5 Å². The van der Waals surface area contributed by atoms with Gasteiger partial charge in [0.1, 0.15) is 29.9 Å². The molecule has 4 rings (SSSR count). The Bertz CT molecular complexity index is 1440. The van der Waals surface area contributed by atoms with Crippen molar-refractivity contribution in [3.05, 3.63) is 59.9 Å². The molecular weight excluding hydrogens is 594 g/mol. The topological polar surface area (TPSA) is 191 Å². The summed E-state index contributed by atoms with van der Waals surface area (Å²) in [6.07, 6.45) is 1.79. The Kier molecular flexibility index (Phi) is 11.2. The summed E-state index contributed by atoms with van der Waals surface area (Å²) in [5, 5.41) is 23.8. The molecule has 2 aliphatic heterocycles. The average Bonchev–Trinajstić information content (AvgIpc) is 3.64. The lowest BCUT2D eigenvalue weighted by Crippen LogP contribution is -2.59. The monoisotopic (exact) mass is 637 g/mol. The second-order valence-corrected chi connectivity index (χ2v) is 12.3. The lowest BCUT2D eigenvalue weighted by Gasteiger charge is -2.30. The maximum absolute atomic E-state index is 13.8. The number of aryl methyl sites for hydroxylation is 1. The number of nitrogens with one attached hydrogen (secondary N) is 5. The van der Waals surface area contributed by atoms with Crippen LogP contribution in [0.4, 0.5) is 0 Å². The lowest BCUT2D eigenvalue weighted by molar-refractivity contribution is -0.143. The van der Waals surface area contributed by atoms with Gasteiger partial charge < -0.3 is 41.2 Å². The molecule has 1 aromatic heterocycles. The van der Waals surface area contributed by atoms with Crippen molar-refractivity contribution in [3.63, 3.8) is 0 Å². The summed E-state index contributed by atoms with van der Waals surface area (Å²) in [6, 6.07) is 6.17. The Morgan fingerprint density at radius 3 is 2.28 bits per heavy atom. The highest BCUT2D eigenvalue weighted by Gasteiger charge is 2.43. The molecule has 2 aromatic rings. The van der Waals surface area contributed by atoms with E-state index in [1.165, 1.54) is 11.8 Å². The maximum Gasteiger partial charge on any atom is 0.268 e. The first-order chi connectivity index (χ1) is 21.9. The Hall–Kier alpha value is -4.72. The number of rotatable bonds is 6. The molecule has 46 heavy (non-hydrogen) atoms. The first kappa shape index (κ1) is 34.2. The van der Waals surface area contributed by atoms with Crippen molar-refractivity contribution in [3.8, 4) is 0 Å². The number of carbonyl (C=O) groups excluding carboxylic acids is 6. The highest BCUT2D eigenvalue weighted by atomic mass is 16.3. The SMILES string of the molecule is CC(C)C[C@@H]1NC(=O)C[C@H](c2ccccc2)NC(=O)[C@H](C)NC(=O)[C@@H]2C[C@H](NC(=O)c3cccn3C)CN2C(=O)[C@@H](CO)NC1=O. The smallest absolute Gasteiger partial charge is 0.268 e. The van der Waals surface area contributed by atoms with Gasteiger partial charge in [0.05, 0.1) is 19.1 Å². The molecule has 0 unspecified atom stereocenters. The minimum absolute atomic E-state index is 0.0179. The molecule has 0 radical (unpaired) electrons. The van der Waals surface area contributed by atoms with Gasteiger partial charge in [-0.15, -0.1) is 0 Å². The Labute approximate surface area is 267 Å². The molecule has 3 heterocycles. The molecule has 0 spiro atoms. The number of benzene rings is 1. The molecule has 6 amide bonds. The minimum Gasteiger partial charge on any atom is -0.394 e. The number of aliphatic hydroxyl groups excluding tert-OH is 1. The van der Waals surface area contributed by atoms with Gasteiger partial charge in [-0.1, -0.05) is 44.2 Å². The predicted octanol–water partition coefficient (Wildman–Crippen LogP) is -0.502. The van der Waals surface area contributed by atoms with Gasteiger partial charge in [0.25, 0.3) is 5.91 Å². The number of hydrogen-bond donors (Lipinski definition) is 6. The van der Waals surface area contributed by atoms with Crippen molar-refractivity contribution < 1.29 is 33.9 Å². The zero-order valence-electron chi connectivity index (χ0n) is 26.5. The molecule has 14 nitrogen and oxygen atoms in total. The number of aliphatic hydroxyl groups is 1. The van der Waals surface area contributed by atoms with E-state index in [0.29, 0.717) is 11.3 Å². The van der Waals surface area contributed by atoms with Crippen LogP contribution in [0.1, 0.15) is 62.1 Å². The summed E-state index contributed by atoms with van der Waals surface area (Å²) in [7, 11) is 1.71. The summed E-state index contributed by atoms with van der Waals surface area (Å²) in [6.45, 7) is 4.39. The van der Waals surface area contributed by atoms with E-state index in [1.807, 2.05) is 13.8 Å². The number of aromatic nitrogens is 1. The zero-order chi connectivity index (χ0) is 33.5. The molecule has 2 saturated heterocycles. The molecule has 0 saturated carbocycles. The third-order valence-electron chi connectivity index (χ3n) is 8.21. The van der Waals surface area contributed by atoms with Gasteiger partial charge in [0, 0.05) is 25.8 Å². The Balaban J connectivity index is 1.66. The first-order valence-electron chi connectivity index (χ1n) is 15.5. The normalized spacial score (nSPS) is 26.6. The van der Waals surface area contributed by atoms with Crippen molar-refractivity contribution in [1.29, 1.82) is 0 Å². The van der Waals surface area contributed by atoms with Crippen LogP contribution in [0.2, 0.25) is 0 Å². The van der Waals surface area contributed by atoms with E-state index < -0.39 is 78.3 Å². The molecule has 0 bridgehead atoms. The molecule has 1 aromatic carbocycles. The fourth-order valence-electron chi connectivity index (χ4n) is 5.80. The summed E-state index contributed by atoms with van der Waals surface area (Å²) in [4.78, 5) is 81.6. The second-order valence-electron chi connectivity index (χ2n) is 12.3. The summed E-state index contributed by atoms with van der Waals surface area (Å²) >= 11 is 0. The molecular formula is C32H43N7O7. The highest BCUT2D eigenvalue weighted by Crippen LogP contribution is 2.22. The molecule has 2 aliphatic rings. The van der Waals surface area contributed by atoms with Crippen molar-refractivity contribution in [2.75, 3.05) is 13.2 Å². The number of fused-ring (bicyclic) bond motifs is 1. The molecule has 248 valence electrons. The quantitative estimate of drug-likeness (QED) is 0.246. The molecule has 0 aliphatic carbocycles. The largest absolute Gasteiger partial charge is 0.394 e. The number of nitrogens with zero attached hydrogens (tertiary/aromatic N) is 2. The third-order valence-corrected chi connectivity index (χ3v) is 8.21. The van der Waals surface area contributed by atoms with Crippen molar-refractivity contribution in [1.82, 2.24) is 36.1 Å². The third kappa shape index (κ3) is 8.30. The van der Waals surface area contributed by atoms with E-state index in [4.69, 9.17) is 0 Å². The van der Waals surface area contributed by atoms with Gasteiger partial charge in [-0.05, 0) is 43.4 Å². The van der Waals surface area contributed by atoms with Crippen LogP contribution in [0.15, 0.2) is 48.7 Å². The van der Waals surface area contributed by atoms with Crippen molar-refractivity contribution in [2.24, 2.45) is 13.0 Å². The van der Waals surface area contributed by atoms with Crippen LogP contribution < -0.4 is 26.6 Å². The molecule has 6 atom stereocenters. The fraction of sp³-hybridized carbons (Fsp3) is 0.500. The zero-order valence-corrected chi connectivity index (χ0v) is 26.5. The maximum atomic E-state index is 13.8. The minimum atomic E-state index is -1.43. The number of carbonyl (C=O) groups is 6. The summed E-state index contributed by atoms with van der Waals surface area (Å²) < 4.78 is 1.64. The Morgan fingerprint density at radius 1 is 0.935 bits per heavy atom. The van der Waals surface area contributed by atoms with Gasteiger partial charge in [-0.2, -0.15) is 0 Å². The predicted molar refractivity (Wildman–Crippen MR) is 167 cm³/mol. The first-order valence-corrected chi connectivity index (χ1v) is 15.5. The van der Waals surface area contributed by atoms with E-state index in [2.05, 4.69) is 26.6 Å². The van der Waals surface area contributed by atoms with Crippen LogP contribution in [-0.4, -0.2) is 93.4 Å². The summed E-state index contributed by atoms with van der Waals surface area (Å²) in [5.74, 6) is -3.55. The van der Waals surface area contributed by atoms with Crippen LogP contribution in [0.5, 0.6) is 0 Å². The van der Waals surface area contributed by atoms with E-state index in [1.54, 1.807) is 60.3 Å². The summed E-state index contributed by atoms with van der Waals surface area (Å²) in [5.41, 5.74) is 1.04. The van der Waals surface area contributed by atoms with Crippen LogP contribution in [0.3, 0.4) is 0 Å². The van der Waals surface area contributed by atoms with E-state index in [-0.39, 0.29) is 31.7 Å².